The Hall–Kier alpha value is -0.710. The van der Waals surface area contributed by atoms with Gasteiger partial charge in [0, 0.05) is 17.9 Å². The molecule has 0 fully saturated rings. The molecule has 2 rings (SSSR count). The quantitative estimate of drug-likeness (QED) is 0.785. The van der Waals surface area contributed by atoms with Crippen LogP contribution in [0.15, 0.2) is 18.2 Å². The van der Waals surface area contributed by atoms with E-state index in [1.165, 1.54) is 11.1 Å². The molecule has 2 atom stereocenters. The van der Waals surface area contributed by atoms with Gasteiger partial charge in [-0.05, 0) is 41.9 Å². The number of hydrogen-bond acceptors (Lipinski definition) is 4. The van der Waals surface area contributed by atoms with Crippen LogP contribution in [0.4, 0.5) is 0 Å². The third-order valence-electron chi connectivity index (χ3n) is 3.17. The maximum Gasteiger partial charge on any atom is 0.119 e. The fourth-order valence-electron chi connectivity index (χ4n) is 2.20. The van der Waals surface area contributed by atoms with Gasteiger partial charge in [-0.1, -0.05) is 6.07 Å². The van der Waals surface area contributed by atoms with Gasteiger partial charge in [0.1, 0.15) is 5.75 Å². The monoisotopic (exact) mass is 253 g/mol. The van der Waals surface area contributed by atoms with Crippen molar-refractivity contribution in [3.05, 3.63) is 29.3 Å². The van der Waals surface area contributed by atoms with E-state index >= 15 is 0 Å². The molecule has 1 aromatic carbocycles. The normalized spacial score (nSPS) is 22.5. The molecule has 1 aliphatic rings. The predicted molar refractivity (Wildman–Crippen MR) is 71.6 cm³/mol. The van der Waals surface area contributed by atoms with Crippen LogP contribution >= 0.6 is 11.8 Å². The second kappa shape index (κ2) is 5.76. The standard InChI is InChI=1S/C13H19NO2S/c1-16-10-4-3-9-7-12(17-6-2-5-15)13(14)11(9)8-10/h3-4,8,12-13,15H,2,5-7,14H2,1H3. The summed E-state index contributed by atoms with van der Waals surface area (Å²) < 4.78 is 5.23. The van der Waals surface area contributed by atoms with E-state index in [0.717, 1.165) is 24.3 Å². The summed E-state index contributed by atoms with van der Waals surface area (Å²) in [5, 5.41) is 9.22. The van der Waals surface area contributed by atoms with E-state index in [1.807, 2.05) is 23.9 Å². The van der Waals surface area contributed by atoms with Crippen LogP contribution in [0.2, 0.25) is 0 Å². The van der Waals surface area contributed by atoms with Gasteiger partial charge < -0.3 is 15.6 Å². The van der Waals surface area contributed by atoms with Gasteiger partial charge in [0.15, 0.2) is 0 Å². The fourth-order valence-corrected chi connectivity index (χ4v) is 3.45. The molecule has 1 aromatic rings. The molecule has 0 bridgehead atoms. The Kier molecular flexibility index (Phi) is 4.31. The maximum absolute atomic E-state index is 8.79. The number of thioether (sulfide) groups is 1. The number of hydrogen-bond donors (Lipinski definition) is 2. The lowest BCUT2D eigenvalue weighted by molar-refractivity contribution is 0.296. The van der Waals surface area contributed by atoms with Crippen molar-refractivity contribution in [1.29, 1.82) is 0 Å². The molecule has 0 saturated carbocycles. The first-order valence-corrected chi connectivity index (χ1v) is 6.96. The Morgan fingerprint density at radius 1 is 1.53 bits per heavy atom. The molecule has 0 aromatic heterocycles. The SMILES string of the molecule is COc1ccc2c(c1)C(N)C(SCCCO)C2. The van der Waals surface area contributed by atoms with E-state index < -0.39 is 0 Å². The summed E-state index contributed by atoms with van der Waals surface area (Å²) in [7, 11) is 1.68. The lowest BCUT2D eigenvalue weighted by Gasteiger charge is -2.15. The summed E-state index contributed by atoms with van der Waals surface area (Å²) >= 11 is 1.86. The second-order valence-corrected chi connectivity index (χ2v) is 5.63. The highest BCUT2D eigenvalue weighted by molar-refractivity contribution is 7.99. The highest BCUT2D eigenvalue weighted by Crippen LogP contribution is 2.38. The summed E-state index contributed by atoms with van der Waals surface area (Å²) in [5.41, 5.74) is 8.80. The first kappa shape index (κ1) is 12.7. The molecule has 1 aliphatic carbocycles. The van der Waals surface area contributed by atoms with Crippen LogP contribution in [0.3, 0.4) is 0 Å². The number of benzene rings is 1. The average molecular weight is 253 g/mol. The van der Waals surface area contributed by atoms with Gasteiger partial charge in [-0.2, -0.15) is 11.8 Å². The Morgan fingerprint density at radius 2 is 2.35 bits per heavy atom. The molecule has 3 N–H and O–H groups in total. The van der Waals surface area contributed by atoms with Crippen LogP contribution < -0.4 is 10.5 Å². The van der Waals surface area contributed by atoms with Crippen molar-refractivity contribution in [2.75, 3.05) is 19.5 Å². The first-order chi connectivity index (χ1) is 8.26. The van der Waals surface area contributed by atoms with E-state index in [4.69, 9.17) is 15.6 Å². The average Bonchev–Trinajstić information content (AvgIpc) is 2.66. The van der Waals surface area contributed by atoms with Crippen molar-refractivity contribution >= 4 is 11.8 Å². The molecule has 17 heavy (non-hydrogen) atoms. The third-order valence-corrected chi connectivity index (χ3v) is 4.58. The van der Waals surface area contributed by atoms with Crippen molar-refractivity contribution < 1.29 is 9.84 Å². The number of aliphatic hydroxyl groups is 1. The van der Waals surface area contributed by atoms with Crippen molar-refractivity contribution in [2.45, 2.75) is 24.1 Å². The molecule has 0 aliphatic heterocycles. The Labute approximate surface area is 106 Å². The summed E-state index contributed by atoms with van der Waals surface area (Å²) in [6.07, 6.45) is 1.87. The summed E-state index contributed by atoms with van der Waals surface area (Å²) in [6, 6.07) is 6.24. The number of aliphatic hydroxyl groups excluding tert-OH is 1. The molecule has 4 heteroatoms. The Bertz CT molecular complexity index is 384. The minimum Gasteiger partial charge on any atom is -0.497 e. The molecule has 0 saturated heterocycles. The maximum atomic E-state index is 8.79. The van der Waals surface area contributed by atoms with Crippen LogP contribution in [-0.2, 0) is 6.42 Å². The Balaban J connectivity index is 2.04. The molecule has 0 amide bonds. The van der Waals surface area contributed by atoms with Gasteiger partial charge in [0.2, 0.25) is 0 Å². The minimum absolute atomic E-state index is 0.0868. The van der Waals surface area contributed by atoms with E-state index in [9.17, 15) is 0 Å². The molecule has 94 valence electrons. The fraction of sp³-hybridized carbons (Fsp3) is 0.538. The smallest absolute Gasteiger partial charge is 0.119 e. The van der Waals surface area contributed by atoms with Crippen molar-refractivity contribution in [2.24, 2.45) is 5.73 Å². The zero-order chi connectivity index (χ0) is 12.3. The first-order valence-electron chi connectivity index (χ1n) is 5.91. The second-order valence-electron chi connectivity index (χ2n) is 4.28. The van der Waals surface area contributed by atoms with E-state index in [0.29, 0.717) is 5.25 Å². The lowest BCUT2D eigenvalue weighted by Crippen LogP contribution is -2.19. The van der Waals surface area contributed by atoms with Gasteiger partial charge >= 0.3 is 0 Å². The summed E-state index contributed by atoms with van der Waals surface area (Å²) in [5.74, 6) is 1.85. The highest BCUT2D eigenvalue weighted by atomic mass is 32.2. The number of fused-ring (bicyclic) bond motifs is 1. The molecule has 2 unspecified atom stereocenters. The van der Waals surface area contributed by atoms with Crippen molar-refractivity contribution in [1.82, 2.24) is 0 Å². The lowest BCUT2D eigenvalue weighted by atomic mass is 10.1. The topological polar surface area (TPSA) is 55.5 Å². The molecule has 0 radical (unpaired) electrons. The number of rotatable bonds is 5. The highest BCUT2D eigenvalue weighted by Gasteiger charge is 2.29. The molecule has 3 nitrogen and oxygen atoms in total. The molecule has 0 heterocycles. The minimum atomic E-state index is 0.0868. The van der Waals surface area contributed by atoms with Crippen molar-refractivity contribution in [3.8, 4) is 5.75 Å². The van der Waals surface area contributed by atoms with E-state index in [2.05, 4.69) is 6.07 Å². The number of ether oxygens (including phenoxy) is 1. The van der Waals surface area contributed by atoms with Crippen molar-refractivity contribution in [3.63, 3.8) is 0 Å². The van der Waals surface area contributed by atoms with Gasteiger partial charge in [-0.15, -0.1) is 0 Å². The van der Waals surface area contributed by atoms with E-state index in [-0.39, 0.29) is 12.6 Å². The van der Waals surface area contributed by atoms with E-state index in [1.54, 1.807) is 7.11 Å². The van der Waals surface area contributed by atoms with Crippen LogP contribution in [0.5, 0.6) is 5.75 Å². The van der Waals surface area contributed by atoms with Gasteiger partial charge in [-0.25, -0.2) is 0 Å². The zero-order valence-corrected chi connectivity index (χ0v) is 10.9. The largest absolute Gasteiger partial charge is 0.497 e. The Morgan fingerprint density at radius 3 is 3.06 bits per heavy atom. The summed E-state index contributed by atoms with van der Waals surface area (Å²) in [6.45, 7) is 0.260. The van der Waals surface area contributed by atoms with Crippen LogP contribution in [0.25, 0.3) is 0 Å². The number of methoxy groups -OCH3 is 1. The number of nitrogens with two attached hydrogens (primary N) is 1. The van der Waals surface area contributed by atoms with Crippen LogP contribution in [0.1, 0.15) is 23.6 Å². The van der Waals surface area contributed by atoms with Crippen LogP contribution in [-0.4, -0.2) is 29.8 Å². The van der Waals surface area contributed by atoms with Gasteiger partial charge in [0.25, 0.3) is 0 Å². The zero-order valence-electron chi connectivity index (χ0n) is 10.1. The molecule has 0 spiro atoms. The summed E-state index contributed by atoms with van der Waals surface area (Å²) in [4.78, 5) is 0. The van der Waals surface area contributed by atoms with Gasteiger partial charge in [-0.3, -0.25) is 0 Å². The molecular weight excluding hydrogens is 234 g/mol. The molecular formula is C13H19NO2S. The predicted octanol–water partition coefficient (Wildman–Crippen LogP) is 1.74. The third kappa shape index (κ3) is 2.76. The van der Waals surface area contributed by atoms with Crippen LogP contribution in [0, 0.1) is 0 Å². The van der Waals surface area contributed by atoms with Gasteiger partial charge in [0.05, 0.1) is 7.11 Å².